The molecule has 0 saturated carbocycles. The Bertz CT molecular complexity index is 884. The monoisotopic (exact) mass is 309 g/mol. The minimum atomic E-state index is -0.0258. The summed E-state index contributed by atoms with van der Waals surface area (Å²) in [4.78, 5) is 23.2. The normalized spacial score (nSPS) is 11.3. The van der Waals surface area contributed by atoms with E-state index in [1.54, 1.807) is 23.2 Å². The van der Waals surface area contributed by atoms with E-state index in [-0.39, 0.29) is 5.56 Å². The van der Waals surface area contributed by atoms with Crippen molar-refractivity contribution in [1.82, 2.24) is 19.4 Å². The van der Waals surface area contributed by atoms with Gasteiger partial charge in [0.2, 0.25) is 0 Å². The number of hydrogen-bond acceptors (Lipinski definition) is 5. The first-order valence-corrected chi connectivity index (χ1v) is 7.40. The Morgan fingerprint density at radius 3 is 2.61 bits per heavy atom. The van der Waals surface area contributed by atoms with Crippen molar-refractivity contribution in [3.05, 3.63) is 53.2 Å². The Hall–Kier alpha value is -2.73. The second-order valence-corrected chi connectivity index (χ2v) is 5.75. The molecule has 0 amide bonds. The number of nitrogen functional groups attached to an aromatic ring is 1. The van der Waals surface area contributed by atoms with Gasteiger partial charge in [-0.25, -0.2) is 9.97 Å². The van der Waals surface area contributed by atoms with Gasteiger partial charge < -0.3 is 10.6 Å². The van der Waals surface area contributed by atoms with Crippen LogP contribution in [0.5, 0.6) is 0 Å². The van der Waals surface area contributed by atoms with Gasteiger partial charge in [-0.05, 0) is 43.9 Å². The molecule has 6 heteroatoms. The van der Waals surface area contributed by atoms with Crippen molar-refractivity contribution in [2.24, 2.45) is 0 Å². The Morgan fingerprint density at radius 1 is 1.13 bits per heavy atom. The van der Waals surface area contributed by atoms with Crippen LogP contribution in [0.25, 0.3) is 22.0 Å². The van der Waals surface area contributed by atoms with Gasteiger partial charge in [-0.2, -0.15) is 0 Å². The maximum atomic E-state index is 12.6. The zero-order chi connectivity index (χ0) is 16.4. The average Bonchev–Trinajstić information content (AvgIpc) is 2.55. The molecule has 0 spiro atoms. The van der Waals surface area contributed by atoms with E-state index in [1.165, 1.54) is 0 Å². The Labute approximate surface area is 134 Å². The van der Waals surface area contributed by atoms with Gasteiger partial charge >= 0.3 is 0 Å². The molecular weight excluding hydrogens is 290 g/mol. The topological polar surface area (TPSA) is 77.0 Å². The minimum Gasteiger partial charge on any atom is -0.384 e. The molecule has 3 aromatic rings. The first-order chi connectivity index (χ1) is 11.0. The zero-order valence-corrected chi connectivity index (χ0v) is 13.2. The molecule has 2 heterocycles. The lowest BCUT2D eigenvalue weighted by molar-refractivity contribution is 0.380. The number of nitrogens with zero attached hydrogens (tertiary/aromatic N) is 4. The highest BCUT2D eigenvalue weighted by molar-refractivity contribution is 5.83. The number of rotatable bonds is 4. The lowest BCUT2D eigenvalue weighted by Crippen LogP contribution is -2.26. The largest absolute Gasteiger partial charge is 0.384 e. The number of anilines is 1. The van der Waals surface area contributed by atoms with Gasteiger partial charge in [-0.3, -0.25) is 9.36 Å². The van der Waals surface area contributed by atoms with E-state index in [2.05, 4.69) is 9.97 Å². The molecule has 0 radical (unpaired) electrons. The second-order valence-electron chi connectivity index (χ2n) is 5.75. The molecule has 0 fully saturated rings. The summed E-state index contributed by atoms with van der Waals surface area (Å²) in [5, 5.41) is 0.612. The van der Waals surface area contributed by atoms with E-state index in [0.717, 1.165) is 17.7 Å². The molecule has 2 N–H and O–H groups in total. The number of aromatic nitrogens is 3. The number of pyridine rings is 1. The minimum absolute atomic E-state index is 0.0258. The van der Waals surface area contributed by atoms with E-state index < -0.39 is 0 Å². The second kappa shape index (κ2) is 6.18. The smallest absolute Gasteiger partial charge is 0.261 e. The maximum Gasteiger partial charge on any atom is 0.261 e. The van der Waals surface area contributed by atoms with Crippen LogP contribution in [-0.4, -0.2) is 40.1 Å². The lowest BCUT2D eigenvalue weighted by Gasteiger charge is -2.11. The molecule has 0 saturated heterocycles. The van der Waals surface area contributed by atoms with Gasteiger partial charge in [0.25, 0.3) is 5.56 Å². The molecule has 2 aromatic heterocycles. The third-order valence-electron chi connectivity index (χ3n) is 3.73. The van der Waals surface area contributed by atoms with Crippen LogP contribution in [-0.2, 0) is 6.54 Å². The number of likely N-dealkylation sites (N-methyl/N-ethyl adjacent to an activating group) is 1. The van der Waals surface area contributed by atoms with E-state index in [4.69, 9.17) is 5.73 Å². The Kier molecular flexibility index (Phi) is 4.08. The number of benzene rings is 1. The fourth-order valence-electron chi connectivity index (χ4n) is 2.38. The SMILES string of the molecule is CN(C)CCn1cnc2ccc(-c3ccc(N)nc3)cc2c1=O. The van der Waals surface area contributed by atoms with Crippen LogP contribution < -0.4 is 11.3 Å². The van der Waals surface area contributed by atoms with Gasteiger partial charge in [0.15, 0.2) is 0 Å². The van der Waals surface area contributed by atoms with Gasteiger partial charge in [0.1, 0.15) is 5.82 Å². The van der Waals surface area contributed by atoms with Crippen LogP contribution in [0.4, 0.5) is 5.82 Å². The number of hydrogen-bond donors (Lipinski definition) is 1. The summed E-state index contributed by atoms with van der Waals surface area (Å²) in [5.41, 5.74) is 8.14. The number of nitrogens with two attached hydrogens (primary N) is 1. The summed E-state index contributed by atoms with van der Waals surface area (Å²) in [5.74, 6) is 0.474. The quantitative estimate of drug-likeness (QED) is 0.792. The number of fused-ring (bicyclic) bond motifs is 1. The van der Waals surface area contributed by atoms with Crippen molar-refractivity contribution in [3.8, 4) is 11.1 Å². The average molecular weight is 309 g/mol. The van der Waals surface area contributed by atoms with Crippen molar-refractivity contribution in [2.75, 3.05) is 26.4 Å². The molecule has 3 rings (SSSR count). The molecule has 0 aliphatic rings. The molecule has 118 valence electrons. The van der Waals surface area contributed by atoms with Crippen LogP contribution in [0, 0.1) is 0 Å². The highest BCUT2D eigenvalue weighted by Gasteiger charge is 2.07. The highest BCUT2D eigenvalue weighted by atomic mass is 16.1. The molecule has 0 aliphatic carbocycles. The Morgan fingerprint density at radius 2 is 1.91 bits per heavy atom. The van der Waals surface area contributed by atoms with Crippen molar-refractivity contribution in [3.63, 3.8) is 0 Å². The fourth-order valence-corrected chi connectivity index (χ4v) is 2.38. The zero-order valence-electron chi connectivity index (χ0n) is 13.2. The first-order valence-electron chi connectivity index (χ1n) is 7.40. The van der Waals surface area contributed by atoms with Crippen LogP contribution in [0.3, 0.4) is 0 Å². The fraction of sp³-hybridized carbons (Fsp3) is 0.235. The van der Waals surface area contributed by atoms with E-state index >= 15 is 0 Å². The van der Waals surface area contributed by atoms with Crippen LogP contribution in [0.2, 0.25) is 0 Å². The van der Waals surface area contributed by atoms with Crippen molar-refractivity contribution in [1.29, 1.82) is 0 Å². The van der Waals surface area contributed by atoms with Crippen molar-refractivity contribution < 1.29 is 0 Å². The summed E-state index contributed by atoms with van der Waals surface area (Å²) >= 11 is 0. The maximum absolute atomic E-state index is 12.6. The molecule has 1 aromatic carbocycles. The van der Waals surface area contributed by atoms with Crippen LogP contribution in [0.1, 0.15) is 0 Å². The third-order valence-corrected chi connectivity index (χ3v) is 3.73. The van der Waals surface area contributed by atoms with Gasteiger partial charge in [-0.15, -0.1) is 0 Å². The van der Waals surface area contributed by atoms with Gasteiger partial charge in [-0.1, -0.05) is 6.07 Å². The molecular formula is C17H19N5O. The molecule has 0 unspecified atom stereocenters. The molecule has 0 bridgehead atoms. The van der Waals surface area contributed by atoms with Crippen LogP contribution >= 0.6 is 0 Å². The summed E-state index contributed by atoms with van der Waals surface area (Å²) in [6, 6.07) is 9.30. The van der Waals surface area contributed by atoms with E-state index in [9.17, 15) is 4.79 Å². The lowest BCUT2D eigenvalue weighted by atomic mass is 10.1. The standard InChI is InChI=1S/C17H19N5O/c1-21(2)7-8-22-11-20-15-5-3-12(9-14(15)17(22)23)13-4-6-16(18)19-10-13/h3-6,9-11H,7-8H2,1-2H3,(H2,18,19). The summed E-state index contributed by atoms with van der Waals surface area (Å²) < 4.78 is 1.65. The molecule has 23 heavy (non-hydrogen) atoms. The Balaban J connectivity index is 2.05. The summed E-state index contributed by atoms with van der Waals surface area (Å²) in [6.07, 6.45) is 3.32. The van der Waals surface area contributed by atoms with Crippen molar-refractivity contribution in [2.45, 2.75) is 6.54 Å². The van der Waals surface area contributed by atoms with E-state index in [0.29, 0.717) is 23.3 Å². The summed E-state index contributed by atoms with van der Waals surface area (Å²) in [7, 11) is 3.96. The predicted molar refractivity (Wildman–Crippen MR) is 92.2 cm³/mol. The predicted octanol–water partition coefficient (Wildman–Crippen LogP) is 1.60. The molecule has 0 atom stereocenters. The van der Waals surface area contributed by atoms with Crippen LogP contribution in [0.15, 0.2) is 47.7 Å². The van der Waals surface area contributed by atoms with Gasteiger partial charge in [0, 0.05) is 24.8 Å². The first kappa shape index (κ1) is 15.2. The van der Waals surface area contributed by atoms with Crippen molar-refractivity contribution >= 4 is 16.7 Å². The molecule has 0 aliphatic heterocycles. The third kappa shape index (κ3) is 3.22. The van der Waals surface area contributed by atoms with Gasteiger partial charge in [0.05, 0.1) is 17.2 Å². The van der Waals surface area contributed by atoms with E-state index in [1.807, 2.05) is 43.3 Å². The summed E-state index contributed by atoms with van der Waals surface area (Å²) in [6.45, 7) is 1.40. The molecule has 6 nitrogen and oxygen atoms in total. The highest BCUT2D eigenvalue weighted by Crippen LogP contribution is 2.21.